The van der Waals surface area contributed by atoms with E-state index in [0.717, 1.165) is 17.0 Å². The number of aliphatic imine (C=N–C) groups is 1. The van der Waals surface area contributed by atoms with Gasteiger partial charge in [0.2, 0.25) is 0 Å². The maximum absolute atomic E-state index is 5.26. The topological polar surface area (TPSA) is 36.4 Å². The molecule has 218 valence electrons. The Morgan fingerprint density at radius 3 is 1.74 bits per heavy atom. The molecule has 5 rings (SSSR count). The largest absolute Gasteiger partial charge is 0.350 e. The molecule has 2 N–H and O–H groups in total. The third kappa shape index (κ3) is 6.79. The molecule has 0 bridgehead atoms. The summed E-state index contributed by atoms with van der Waals surface area (Å²) in [6.07, 6.45) is 7.52. The van der Waals surface area contributed by atoms with Crippen LogP contribution in [0.25, 0.3) is 22.3 Å². The third-order valence-corrected chi connectivity index (χ3v) is 8.08. The molecule has 0 aliphatic carbocycles. The average Bonchev–Trinajstić information content (AvgIpc) is 3.04. The fraction of sp³-hybridized carbons (Fsp3) is 0.225. The van der Waals surface area contributed by atoms with Crippen molar-refractivity contribution in [2.75, 3.05) is 0 Å². The molecule has 0 spiro atoms. The molecule has 3 heteroatoms. The number of benzene rings is 4. The highest BCUT2D eigenvalue weighted by atomic mass is 15.3. The van der Waals surface area contributed by atoms with E-state index < -0.39 is 0 Å². The van der Waals surface area contributed by atoms with E-state index in [9.17, 15) is 0 Å². The predicted octanol–water partition coefficient (Wildman–Crippen LogP) is 10.2. The minimum absolute atomic E-state index is 0.173. The van der Waals surface area contributed by atoms with Crippen molar-refractivity contribution in [3.8, 4) is 22.3 Å². The van der Waals surface area contributed by atoms with Crippen LogP contribution in [-0.4, -0.2) is 5.84 Å². The number of amidine groups is 1. The highest BCUT2D eigenvalue weighted by Crippen LogP contribution is 2.36. The Balaban J connectivity index is 1.60. The van der Waals surface area contributed by atoms with Crippen LogP contribution in [0.4, 0.5) is 0 Å². The van der Waals surface area contributed by atoms with Gasteiger partial charge < -0.3 is 5.32 Å². The number of nitrogens with one attached hydrogen (secondary N) is 2. The molecule has 0 aromatic heterocycles. The fourth-order valence-corrected chi connectivity index (χ4v) is 5.65. The van der Waals surface area contributed by atoms with Crippen molar-refractivity contribution in [2.45, 2.75) is 58.8 Å². The van der Waals surface area contributed by atoms with Crippen LogP contribution >= 0.6 is 0 Å². The first-order valence-corrected chi connectivity index (χ1v) is 15.3. The van der Waals surface area contributed by atoms with Gasteiger partial charge in [0, 0.05) is 5.57 Å². The average molecular weight is 566 g/mol. The molecule has 43 heavy (non-hydrogen) atoms. The smallest absolute Gasteiger partial charge is 0.131 e. The minimum atomic E-state index is -0.267. The van der Waals surface area contributed by atoms with Gasteiger partial charge in [-0.2, -0.15) is 0 Å². The molecule has 0 radical (unpaired) electrons. The summed E-state index contributed by atoms with van der Waals surface area (Å²) in [5.41, 5.74) is 10.7. The van der Waals surface area contributed by atoms with Crippen LogP contribution in [0.2, 0.25) is 0 Å². The van der Waals surface area contributed by atoms with E-state index in [4.69, 9.17) is 4.99 Å². The lowest BCUT2D eigenvalue weighted by Gasteiger charge is -2.34. The summed E-state index contributed by atoms with van der Waals surface area (Å²) in [4.78, 5) is 5.26. The maximum Gasteiger partial charge on any atom is 0.131 e. The Hall–Kier alpha value is -4.47. The maximum atomic E-state index is 5.26. The second-order valence-corrected chi connectivity index (χ2v) is 11.7. The highest BCUT2D eigenvalue weighted by molar-refractivity contribution is 6.02. The highest BCUT2D eigenvalue weighted by Gasteiger charge is 2.28. The first-order chi connectivity index (χ1) is 20.9. The predicted molar refractivity (Wildman–Crippen MR) is 184 cm³/mol. The lowest BCUT2D eigenvalue weighted by Crippen LogP contribution is -2.45. The molecule has 1 aliphatic rings. The summed E-state index contributed by atoms with van der Waals surface area (Å²) in [7, 11) is 0. The number of hydrogen-bond donors (Lipinski definition) is 2. The number of rotatable bonds is 9. The molecule has 2 unspecified atom stereocenters. The van der Waals surface area contributed by atoms with Gasteiger partial charge in [0.1, 0.15) is 18.2 Å². The van der Waals surface area contributed by atoms with Gasteiger partial charge in [-0.05, 0) is 63.3 Å². The second kappa shape index (κ2) is 13.7. The van der Waals surface area contributed by atoms with Crippen LogP contribution < -0.4 is 10.6 Å². The molecule has 4 aromatic carbocycles. The standard InChI is InChI=1S/C40H43N3/c1-7-13-33(14-8-2)38-41-39(36-17-11-9-15-34(36)31-23-19-29(20-24-31)27(3)4)43-40(42-38)37-18-12-10-16-35(37)32-25-21-30(22-26-32)28(5)6/h7-28,39-40,43H,1H2,2-6H3,(H,41,42)/b14-8-,33-13+. The zero-order chi connectivity index (χ0) is 30.3. The van der Waals surface area contributed by atoms with E-state index in [1.807, 2.05) is 25.2 Å². The Kier molecular flexibility index (Phi) is 9.54. The Morgan fingerprint density at radius 2 is 1.23 bits per heavy atom. The van der Waals surface area contributed by atoms with E-state index in [0.29, 0.717) is 11.8 Å². The Morgan fingerprint density at radius 1 is 0.721 bits per heavy atom. The number of nitrogens with zero attached hydrogens (tertiary/aromatic N) is 1. The molecular formula is C40H43N3. The second-order valence-electron chi connectivity index (χ2n) is 11.7. The fourth-order valence-electron chi connectivity index (χ4n) is 5.65. The molecule has 1 heterocycles. The van der Waals surface area contributed by atoms with Gasteiger partial charge in [-0.25, -0.2) is 4.99 Å². The van der Waals surface area contributed by atoms with Crippen molar-refractivity contribution in [2.24, 2.45) is 4.99 Å². The van der Waals surface area contributed by atoms with Crippen LogP contribution in [0.1, 0.15) is 81.0 Å². The van der Waals surface area contributed by atoms with Crippen molar-refractivity contribution in [1.29, 1.82) is 0 Å². The molecule has 3 nitrogen and oxygen atoms in total. The molecule has 0 saturated carbocycles. The van der Waals surface area contributed by atoms with Crippen molar-refractivity contribution < 1.29 is 0 Å². The van der Waals surface area contributed by atoms with E-state index in [-0.39, 0.29) is 12.3 Å². The Labute approximate surface area is 257 Å². The van der Waals surface area contributed by atoms with Gasteiger partial charge >= 0.3 is 0 Å². The summed E-state index contributed by atoms with van der Waals surface area (Å²) < 4.78 is 0. The SMILES string of the molecule is C=C/C=C(\C=C/C)C1=NC(c2ccccc2-c2ccc(C(C)C)cc2)NC(c2ccccc2-c2ccc(C(C)C)cc2)N1. The first-order valence-electron chi connectivity index (χ1n) is 15.3. The summed E-state index contributed by atoms with van der Waals surface area (Å²) >= 11 is 0. The van der Waals surface area contributed by atoms with Gasteiger partial charge in [0.15, 0.2) is 0 Å². The van der Waals surface area contributed by atoms with E-state index in [2.05, 4.69) is 148 Å². The lowest BCUT2D eigenvalue weighted by atomic mass is 9.93. The first kappa shape index (κ1) is 30.0. The molecule has 4 aromatic rings. The van der Waals surface area contributed by atoms with Crippen molar-refractivity contribution in [3.63, 3.8) is 0 Å². The van der Waals surface area contributed by atoms with Crippen LogP contribution in [0.3, 0.4) is 0 Å². The van der Waals surface area contributed by atoms with Gasteiger partial charge in [0.05, 0.1) is 0 Å². The molecular weight excluding hydrogens is 522 g/mol. The number of allylic oxidation sites excluding steroid dienone is 3. The lowest BCUT2D eigenvalue weighted by molar-refractivity contribution is 0.410. The molecule has 0 amide bonds. The van der Waals surface area contributed by atoms with Gasteiger partial charge in [0.25, 0.3) is 0 Å². The molecule has 2 atom stereocenters. The normalized spacial score (nSPS) is 17.3. The minimum Gasteiger partial charge on any atom is -0.350 e. The molecule has 1 aliphatic heterocycles. The quantitative estimate of drug-likeness (QED) is 0.198. The molecule has 0 saturated heterocycles. The van der Waals surface area contributed by atoms with Gasteiger partial charge in [-0.15, -0.1) is 0 Å². The third-order valence-electron chi connectivity index (χ3n) is 8.08. The van der Waals surface area contributed by atoms with Crippen LogP contribution in [0.5, 0.6) is 0 Å². The monoisotopic (exact) mass is 565 g/mol. The number of hydrogen-bond acceptors (Lipinski definition) is 3. The van der Waals surface area contributed by atoms with Crippen LogP contribution in [-0.2, 0) is 0 Å². The zero-order valence-electron chi connectivity index (χ0n) is 26.0. The van der Waals surface area contributed by atoms with E-state index in [1.165, 1.54) is 38.9 Å². The van der Waals surface area contributed by atoms with Crippen LogP contribution in [0, 0.1) is 0 Å². The summed E-state index contributed by atoms with van der Waals surface area (Å²) in [5.74, 6) is 1.82. The summed E-state index contributed by atoms with van der Waals surface area (Å²) in [5, 5.41) is 7.59. The van der Waals surface area contributed by atoms with Crippen molar-refractivity contribution >= 4 is 5.84 Å². The summed E-state index contributed by atoms with van der Waals surface area (Å²) in [6.45, 7) is 14.9. The van der Waals surface area contributed by atoms with Crippen molar-refractivity contribution in [1.82, 2.24) is 10.6 Å². The van der Waals surface area contributed by atoms with Crippen LogP contribution in [0.15, 0.2) is 139 Å². The van der Waals surface area contributed by atoms with Gasteiger partial charge in [-0.3, -0.25) is 5.32 Å². The van der Waals surface area contributed by atoms with E-state index >= 15 is 0 Å². The Bertz CT molecular complexity index is 1640. The van der Waals surface area contributed by atoms with Gasteiger partial charge in [-0.1, -0.05) is 156 Å². The summed E-state index contributed by atoms with van der Waals surface area (Å²) in [6, 6.07) is 35.1. The van der Waals surface area contributed by atoms with Crippen molar-refractivity contribution in [3.05, 3.63) is 156 Å². The zero-order valence-corrected chi connectivity index (χ0v) is 26.0. The molecule has 0 fully saturated rings. The van der Waals surface area contributed by atoms with E-state index in [1.54, 1.807) is 0 Å².